The number of aromatic nitrogens is 4. The number of hydrogen-bond donors (Lipinski definition) is 0. The molecule has 0 amide bonds. The first-order chi connectivity index (χ1) is 14.5. The third kappa shape index (κ3) is 3.14. The summed E-state index contributed by atoms with van der Waals surface area (Å²) in [6.07, 6.45) is 3.82. The summed E-state index contributed by atoms with van der Waals surface area (Å²) in [6.45, 7) is 3.96. The lowest BCUT2D eigenvalue weighted by molar-refractivity contribution is 0.0965. The van der Waals surface area contributed by atoms with Crippen LogP contribution in [-0.4, -0.2) is 25.3 Å². The maximum Gasteiger partial charge on any atom is 0.293 e. The topological polar surface area (TPSA) is 69.8 Å². The molecule has 30 heavy (non-hydrogen) atoms. The minimum atomic E-state index is -0.295. The Bertz CT molecular complexity index is 1330. The van der Waals surface area contributed by atoms with Crippen LogP contribution in [0.3, 0.4) is 0 Å². The van der Waals surface area contributed by atoms with Crippen LogP contribution < -0.4 is 5.56 Å². The normalized spacial score (nSPS) is 13.7. The van der Waals surface area contributed by atoms with Crippen LogP contribution in [0.4, 0.5) is 0 Å². The Balaban J connectivity index is 1.68. The standard InChI is InChI=1S/C24H22N4O2/c1-15-8-11-20(16(2)12-15)28-23-19(13-25-28)22(18-9-10-18)26-27(24(23)30)14-21(29)17-6-4-3-5-7-17/h3-8,11-13,18H,9-10,14H2,1-2H3. The second kappa shape index (κ2) is 7.06. The lowest BCUT2D eigenvalue weighted by Gasteiger charge is -2.11. The molecule has 0 radical (unpaired) electrons. The zero-order valence-corrected chi connectivity index (χ0v) is 17.0. The van der Waals surface area contributed by atoms with E-state index in [9.17, 15) is 9.59 Å². The minimum Gasteiger partial charge on any atom is -0.292 e. The molecular formula is C24H22N4O2. The second-order valence-corrected chi connectivity index (χ2v) is 8.02. The summed E-state index contributed by atoms with van der Waals surface area (Å²) in [5.41, 5.74) is 4.68. The summed E-state index contributed by atoms with van der Waals surface area (Å²) in [5, 5.41) is 9.93. The van der Waals surface area contributed by atoms with Gasteiger partial charge >= 0.3 is 0 Å². The fourth-order valence-electron chi connectivity index (χ4n) is 3.94. The molecule has 1 aliphatic rings. The van der Waals surface area contributed by atoms with E-state index in [1.807, 2.05) is 44.2 Å². The summed E-state index contributed by atoms with van der Waals surface area (Å²) >= 11 is 0. The molecule has 1 fully saturated rings. The van der Waals surface area contributed by atoms with Crippen LogP contribution >= 0.6 is 0 Å². The van der Waals surface area contributed by atoms with Gasteiger partial charge in [-0.2, -0.15) is 10.2 Å². The molecule has 0 aliphatic heterocycles. The van der Waals surface area contributed by atoms with E-state index in [2.05, 4.69) is 16.3 Å². The van der Waals surface area contributed by atoms with Crippen molar-refractivity contribution in [1.29, 1.82) is 0 Å². The van der Waals surface area contributed by atoms with Gasteiger partial charge in [-0.1, -0.05) is 48.0 Å². The molecule has 6 nitrogen and oxygen atoms in total. The summed E-state index contributed by atoms with van der Waals surface area (Å²) in [7, 11) is 0. The van der Waals surface area contributed by atoms with E-state index in [4.69, 9.17) is 0 Å². The van der Waals surface area contributed by atoms with E-state index in [1.54, 1.807) is 23.0 Å². The number of ketones is 1. The van der Waals surface area contributed by atoms with Gasteiger partial charge in [0.15, 0.2) is 5.78 Å². The van der Waals surface area contributed by atoms with Gasteiger partial charge in [0.25, 0.3) is 5.56 Å². The van der Waals surface area contributed by atoms with Crippen LogP contribution in [0.25, 0.3) is 16.6 Å². The highest BCUT2D eigenvalue weighted by Gasteiger charge is 2.30. The lowest BCUT2D eigenvalue weighted by atomic mass is 10.1. The maximum atomic E-state index is 13.4. The molecule has 4 aromatic rings. The molecule has 6 heteroatoms. The van der Waals surface area contributed by atoms with Crippen molar-refractivity contribution < 1.29 is 4.79 Å². The monoisotopic (exact) mass is 398 g/mol. The largest absolute Gasteiger partial charge is 0.293 e. The van der Waals surface area contributed by atoms with Gasteiger partial charge in [-0.15, -0.1) is 0 Å². The van der Waals surface area contributed by atoms with Gasteiger partial charge in [0, 0.05) is 16.9 Å². The fourth-order valence-corrected chi connectivity index (χ4v) is 3.94. The highest BCUT2D eigenvalue weighted by molar-refractivity contribution is 5.96. The van der Waals surface area contributed by atoms with Crippen molar-refractivity contribution in [2.75, 3.05) is 0 Å². The first-order valence-corrected chi connectivity index (χ1v) is 10.2. The Morgan fingerprint density at radius 3 is 2.57 bits per heavy atom. The first-order valence-electron chi connectivity index (χ1n) is 10.2. The fraction of sp³-hybridized carbons (Fsp3) is 0.250. The molecule has 0 unspecified atom stereocenters. The molecule has 2 aromatic heterocycles. The van der Waals surface area contributed by atoms with Gasteiger partial charge in [-0.3, -0.25) is 9.59 Å². The Labute approximate surface area is 173 Å². The van der Waals surface area contributed by atoms with Crippen LogP contribution in [0.2, 0.25) is 0 Å². The average molecular weight is 398 g/mol. The average Bonchev–Trinajstić information content (AvgIpc) is 3.49. The Kier molecular flexibility index (Phi) is 4.35. The van der Waals surface area contributed by atoms with Crippen molar-refractivity contribution in [3.63, 3.8) is 0 Å². The number of benzene rings is 2. The second-order valence-electron chi connectivity index (χ2n) is 8.02. The van der Waals surface area contributed by atoms with E-state index >= 15 is 0 Å². The van der Waals surface area contributed by atoms with Gasteiger partial charge in [-0.25, -0.2) is 9.36 Å². The molecule has 2 aromatic carbocycles. The first kappa shape index (κ1) is 18.5. The van der Waals surface area contributed by atoms with E-state index in [-0.39, 0.29) is 17.9 Å². The molecule has 0 bridgehead atoms. The van der Waals surface area contributed by atoms with Crippen molar-refractivity contribution in [3.8, 4) is 5.69 Å². The quantitative estimate of drug-likeness (QED) is 0.477. The zero-order chi connectivity index (χ0) is 20.8. The van der Waals surface area contributed by atoms with Gasteiger partial charge in [0.1, 0.15) is 12.1 Å². The predicted octanol–water partition coefficient (Wildman–Crippen LogP) is 3.96. The highest BCUT2D eigenvalue weighted by Crippen LogP contribution is 2.41. The van der Waals surface area contributed by atoms with Crippen LogP contribution in [0.15, 0.2) is 59.5 Å². The van der Waals surface area contributed by atoms with Crippen molar-refractivity contribution in [1.82, 2.24) is 19.6 Å². The SMILES string of the molecule is Cc1ccc(-n2ncc3c(C4CC4)nn(CC(=O)c4ccccc4)c(=O)c32)c(C)c1. The number of nitrogens with zero attached hydrogens (tertiary/aromatic N) is 4. The van der Waals surface area contributed by atoms with Crippen molar-refractivity contribution in [2.45, 2.75) is 39.2 Å². The van der Waals surface area contributed by atoms with Crippen molar-refractivity contribution >= 4 is 16.7 Å². The zero-order valence-electron chi connectivity index (χ0n) is 17.0. The number of aryl methyl sites for hydroxylation is 2. The Hall–Kier alpha value is -3.54. The van der Waals surface area contributed by atoms with Crippen molar-refractivity contribution in [3.05, 3.63) is 87.5 Å². The number of Topliss-reactive ketones (excluding diaryl/α,β-unsaturated/α-hetero) is 1. The molecule has 0 spiro atoms. The molecule has 1 saturated carbocycles. The summed E-state index contributed by atoms with van der Waals surface area (Å²) < 4.78 is 3.01. The van der Waals surface area contributed by atoms with Crippen LogP contribution in [0.1, 0.15) is 45.9 Å². The highest BCUT2D eigenvalue weighted by atomic mass is 16.1. The smallest absolute Gasteiger partial charge is 0.292 e. The van der Waals surface area contributed by atoms with E-state index in [0.717, 1.165) is 40.7 Å². The van der Waals surface area contributed by atoms with Gasteiger partial charge in [-0.05, 0) is 38.3 Å². The number of carbonyl (C=O) groups is 1. The maximum absolute atomic E-state index is 13.4. The Morgan fingerprint density at radius 1 is 1.10 bits per heavy atom. The summed E-state index contributed by atoms with van der Waals surface area (Å²) in [6, 6.07) is 15.1. The van der Waals surface area contributed by atoms with Gasteiger partial charge in [0.2, 0.25) is 0 Å². The third-order valence-electron chi connectivity index (χ3n) is 5.64. The molecule has 0 saturated heterocycles. The van der Waals surface area contributed by atoms with Gasteiger partial charge < -0.3 is 0 Å². The summed E-state index contributed by atoms with van der Waals surface area (Å²) in [4.78, 5) is 26.2. The number of rotatable bonds is 5. The van der Waals surface area contributed by atoms with Crippen LogP contribution in [0.5, 0.6) is 0 Å². The number of carbonyl (C=O) groups excluding carboxylic acids is 1. The van der Waals surface area contributed by atoms with Crippen molar-refractivity contribution in [2.24, 2.45) is 0 Å². The van der Waals surface area contributed by atoms with Gasteiger partial charge in [0.05, 0.1) is 17.6 Å². The molecule has 1 aliphatic carbocycles. The van der Waals surface area contributed by atoms with Crippen LogP contribution in [-0.2, 0) is 6.54 Å². The van der Waals surface area contributed by atoms with E-state index < -0.39 is 0 Å². The number of fused-ring (bicyclic) bond motifs is 1. The third-order valence-corrected chi connectivity index (χ3v) is 5.64. The Morgan fingerprint density at radius 2 is 1.87 bits per heavy atom. The molecular weight excluding hydrogens is 376 g/mol. The number of hydrogen-bond acceptors (Lipinski definition) is 4. The lowest BCUT2D eigenvalue weighted by Crippen LogP contribution is -2.29. The molecule has 0 atom stereocenters. The van der Waals surface area contributed by atoms with E-state index in [1.165, 1.54) is 4.68 Å². The minimum absolute atomic E-state index is 0.0867. The van der Waals surface area contributed by atoms with E-state index in [0.29, 0.717) is 17.0 Å². The molecule has 150 valence electrons. The molecule has 5 rings (SSSR count). The summed E-state index contributed by atoms with van der Waals surface area (Å²) in [5.74, 6) is 0.187. The molecule has 2 heterocycles. The predicted molar refractivity (Wildman–Crippen MR) is 115 cm³/mol. The molecule has 0 N–H and O–H groups in total. The van der Waals surface area contributed by atoms with Crippen LogP contribution in [0, 0.1) is 13.8 Å².